The summed E-state index contributed by atoms with van der Waals surface area (Å²) < 4.78 is 8.75. The van der Waals surface area contributed by atoms with Crippen LogP contribution in [-0.4, -0.2) is 54.4 Å². The summed E-state index contributed by atoms with van der Waals surface area (Å²) in [4.78, 5) is 20.7. The Morgan fingerprint density at radius 1 is 1.08 bits per heavy atom. The molecule has 3 aliphatic heterocycles. The first kappa shape index (κ1) is 24.6. The van der Waals surface area contributed by atoms with Crippen molar-refractivity contribution in [1.29, 1.82) is 0 Å². The average Bonchev–Trinajstić information content (AvgIpc) is 3.34. The van der Waals surface area contributed by atoms with Crippen LogP contribution in [0.3, 0.4) is 0 Å². The van der Waals surface area contributed by atoms with Crippen LogP contribution in [0.5, 0.6) is 5.75 Å². The summed E-state index contributed by atoms with van der Waals surface area (Å²) in [6, 6.07) is 25.4. The van der Waals surface area contributed by atoms with Gasteiger partial charge in [-0.3, -0.25) is 0 Å². The van der Waals surface area contributed by atoms with Gasteiger partial charge in [-0.25, -0.2) is 0 Å². The molecule has 0 aliphatic carbocycles. The Kier molecular flexibility index (Phi) is 6.27. The van der Waals surface area contributed by atoms with E-state index in [0.29, 0.717) is 17.9 Å². The van der Waals surface area contributed by atoms with Crippen LogP contribution in [0.25, 0.3) is 26.2 Å². The fourth-order valence-corrected chi connectivity index (χ4v) is 8.94. The second-order valence-corrected chi connectivity index (χ2v) is 12.9. The quantitative estimate of drug-likeness (QED) is 0.193. The number of fused-ring (bicyclic) bond motifs is 5. The van der Waals surface area contributed by atoms with E-state index < -0.39 is 0 Å². The fourth-order valence-electron chi connectivity index (χ4n) is 6.86. The zero-order valence-electron chi connectivity index (χ0n) is 22.0. The maximum absolute atomic E-state index is 13.4. The molecule has 5 nitrogen and oxygen atoms in total. The molecule has 3 aliphatic rings. The van der Waals surface area contributed by atoms with Crippen molar-refractivity contribution in [2.24, 2.45) is 11.8 Å². The molecule has 0 N–H and O–H groups in total. The normalized spacial score (nSPS) is 23.2. The summed E-state index contributed by atoms with van der Waals surface area (Å²) in [6.07, 6.45) is 6.47. The van der Waals surface area contributed by atoms with Gasteiger partial charge in [0.05, 0.1) is 0 Å². The molecule has 6 heteroatoms. The zero-order valence-corrected chi connectivity index (χ0v) is 23.7. The molecule has 0 radical (unpaired) electrons. The van der Waals surface area contributed by atoms with Gasteiger partial charge in [0, 0.05) is 0 Å². The van der Waals surface area contributed by atoms with Gasteiger partial charge in [0.1, 0.15) is 0 Å². The molecule has 0 amide bonds. The molecule has 3 saturated heterocycles. The van der Waals surface area contributed by atoms with Gasteiger partial charge in [-0.05, 0) is 0 Å². The van der Waals surface area contributed by atoms with Crippen molar-refractivity contribution in [1.82, 2.24) is 13.4 Å². The first-order chi connectivity index (χ1) is 19.1. The molecule has 1 unspecified atom stereocenters. The van der Waals surface area contributed by atoms with E-state index in [4.69, 9.17) is 9.72 Å². The van der Waals surface area contributed by atoms with Crippen molar-refractivity contribution in [3.05, 3.63) is 113 Å². The summed E-state index contributed by atoms with van der Waals surface area (Å²) >= 11 is -0.0664. The molecule has 3 fully saturated rings. The van der Waals surface area contributed by atoms with Crippen LogP contribution in [0, 0.1) is 11.8 Å². The maximum atomic E-state index is 13.4. The number of benzene rings is 3. The van der Waals surface area contributed by atoms with Gasteiger partial charge >= 0.3 is 235 Å². The number of aromatic nitrogens is 2. The van der Waals surface area contributed by atoms with Crippen molar-refractivity contribution in [3.63, 3.8) is 0 Å². The number of rotatable bonds is 6. The Labute approximate surface area is 234 Å². The third-order valence-corrected chi connectivity index (χ3v) is 11.1. The molecule has 5 atom stereocenters. The molecule has 0 saturated carbocycles. The second-order valence-electron chi connectivity index (χ2n) is 10.8. The number of hydrogen-bond acceptors (Lipinski definition) is 4. The number of piperidine rings is 3. The molecule has 2 bridgehead atoms. The van der Waals surface area contributed by atoms with E-state index in [1.54, 1.807) is 7.11 Å². The van der Waals surface area contributed by atoms with Crippen LogP contribution in [0.15, 0.2) is 96.4 Å². The van der Waals surface area contributed by atoms with Crippen LogP contribution in [-0.2, 0) is 0 Å². The monoisotopic (exact) mass is 581 g/mol. The predicted octanol–water partition coefficient (Wildman–Crippen LogP) is 5.63. The van der Waals surface area contributed by atoms with Gasteiger partial charge < -0.3 is 0 Å². The predicted molar refractivity (Wildman–Crippen MR) is 158 cm³/mol. The van der Waals surface area contributed by atoms with Crippen LogP contribution in [0.1, 0.15) is 29.9 Å². The number of ether oxygens (including phenoxy) is 1. The number of nitrogens with zero attached hydrogens (tertiary/aromatic N) is 3. The standard InChI is InChI=1S/C33H31N3O2Se/c1-3-21-20-35-16-14-22(21)18-30(35)32(26-13-15-34-29-12-11-25(38-2)19-28(26)29)23-7-6-8-24(17-23)36-33(37)27-9-4-5-10-31(27)39-36/h3-13,15,17,19,21-22,30,32H,1,14,16,18,20H2,2H3/t21-,22-,30-,32-/m0/s1. The Hall–Kier alpha value is -3.44. The van der Waals surface area contributed by atoms with E-state index in [0.717, 1.165) is 51.5 Å². The van der Waals surface area contributed by atoms with Gasteiger partial charge in [-0.15, -0.1) is 0 Å². The minimum atomic E-state index is -0.0664. The Morgan fingerprint density at radius 3 is 2.77 bits per heavy atom. The second kappa shape index (κ2) is 9.95. The molecule has 3 aromatic carbocycles. The third-order valence-electron chi connectivity index (χ3n) is 8.81. The van der Waals surface area contributed by atoms with E-state index in [2.05, 4.69) is 66.1 Å². The molecule has 5 aromatic rings. The van der Waals surface area contributed by atoms with Crippen molar-refractivity contribution >= 4 is 35.3 Å². The third kappa shape index (κ3) is 4.19. The van der Waals surface area contributed by atoms with Crippen LogP contribution >= 0.6 is 0 Å². The van der Waals surface area contributed by atoms with Crippen LogP contribution < -0.4 is 10.3 Å². The minimum absolute atomic E-state index is 0.0664. The summed E-state index contributed by atoms with van der Waals surface area (Å²) in [7, 11) is 1.71. The Balaban J connectivity index is 1.40. The van der Waals surface area contributed by atoms with Gasteiger partial charge in [0.15, 0.2) is 0 Å². The van der Waals surface area contributed by atoms with Gasteiger partial charge in [0.2, 0.25) is 0 Å². The zero-order chi connectivity index (χ0) is 26.5. The van der Waals surface area contributed by atoms with Gasteiger partial charge in [-0.1, -0.05) is 0 Å². The topological polar surface area (TPSA) is 47.4 Å². The molecular weight excluding hydrogens is 549 g/mol. The molecule has 39 heavy (non-hydrogen) atoms. The SMILES string of the molecule is C=C[C@H]1CN2CC[C@H]1C[C@H]2[C@@H](c1cccc(-n2[se]c3ccccc3c2=O)c1)c1ccnc2ccc(OC)cc12. The summed E-state index contributed by atoms with van der Waals surface area (Å²) in [6.45, 7) is 6.32. The van der Waals surface area contributed by atoms with Crippen molar-refractivity contribution in [2.45, 2.75) is 24.8 Å². The Bertz CT molecular complexity index is 1760. The van der Waals surface area contributed by atoms with Crippen LogP contribution in [0.4, 0.5) is 0 Å². The van der Waals surface area contributed by atoms with E-state index in [-0.39, 0.29) is 26.2 Å². The molecule has 2 aromatic heterocycles. The van der Waals surface area contributed by atoms with E-state index in [9.17, 15) is 4.79 Å². The number of pyridine rings is 1. The van der Waals surface area contributed by atoms with Gasteiger partial charge in [-0.2, -0.15) is 0 Å². The fraction of sp³-hybridized carbons (Fsp3) is 0.273. The molecule has 0 spiro atoms. The Morgan fingerprint density at radius 2 is 1.97 bits per heavy atom. The molecular formula is C33H31N3O2Se. The number of hydrogen-bond donors (Lipinski definition) is 0. The van der Waals surface area contributed by atoms with E-state index in [1.807, 2.05) is 34.0 Å². The number of methoxy groups -OCH3 is 1. The van der Waals surface area contributed by atoms with E-state index >= 15 is 0 Å². The summed E-state index contributed by atoms with van der Waals surface area (Å²) in [5, 5.41) is 1.96. The van der Waals surface area contributed by atoms with Gasteiger partial charge in [0.25, 0.3) is 0 Å². The van der Waals surface area contributed by atoms with E-state index in [1.165, 1.54) is 17.5 Å². The summed E-state index contributed by atoms with van der Waals surface area (Å²) in [5.74, 6) is 2.19. The van der Waals surface area contributed by atoms with Crippen LogP contribution in [0.2, 0.25) is 0 Å². The molecule has 8 rings (SSSR count). The van der Waals surface area contributed by atoms with Crippen molar-refractivity contribution in [3.8, 4) is 11.4 Å². The molecule has 196 valence electrons. The first-order valence-electron chi connectivity index (χ1n) is 13.7. The summed E-state index contributed by atoms with van der Waals surface area (Å²) in [5.41, 5.74) is 4.57. The average molecular weight is 581 g/mol. The molecule has 5 heterocycles. The first-order valence-corrected chi connectivity index (χ1v) is 15.3. The van der Waals surface area contributed by atoms with Crippen molar-refractivity contribution < 1.29 is 4.74 Å². The van der Waals surface area contributed by atoms with Crippen molar-refractivity contribution in [2.75, 3.05) is 20.2 Å².